The predicted molar refractivity (Wildman–Crippen MR) is 58.4 cm³/mol. The normalized spacial score (nSPS) is 26.5. The lowest BCUT2D eigenvalue weighted by molar-refractivity contribution is -0.202. The third kappa shape index (κ3) is 2.29. The second kappa shape index (κ2) is 4.64. The van der Waals surface area contributed by atoms with Crippen LogP contribution in [0.25, 0.3) is 0 Å². The molecule has 1 N–H and O–H groups in total. The van der Waals surface area contributed by atoms with Crippen LogP contribution in [0.15, 0.2) is 24.5 Å². The van der Waals surface area contributed by atoms with Crippen molar-refractivity contribution in [3.05, 3.63) is 30.1 Å². The molecule has 0 aliphatic carbocycles. The van der Waals surface area contributed by atoms with E-state index in [2.05, 4.69) is 10.3 Å². The van der Waals surface area contributed by atoms with Gasteiger partial charge in [0, 0.05) is 12.4 Å². The second-order valence-corrected chi connectivity index (χ2v) is 4.38. The Bertz CT molecular complexity index is 354. The van der Waals surface area contributed by atoms with Crippen LogP contribution in [0.1, 0.15) is 31.2 Å². The van der Waals surface area contributed by atoms with Gasteiger partial charge in [0.1, 0.15) is 5.54 Å². The van der Waals surface area contributed by atoms with Crippen molar-refractivity contribution in [1.29, 1.82) is 0 Å². The minimum atomic E-state index is -4.29. The fraction of sp³-hybridized carbons (Fsp3) is 0.583. The first kappa shape index (κ1) is 12.4. The largest absolute Gasteiger partial charge is 0.410 e. The van der Waals surface area contributed by atoms with Gasteiger partial charge in [0.25, 0.3) is 0 Å². The molecule has 1 unspecified atom stereocenters. The van der Waals surface area contributed by atoms with E-state index in [0.29, 0.717) is 13.0 Å². The molecule has 0 bridgehead atoms. The Hall–Kier alpha value is -1.10. The highest BCUT2D eigenvalue weighted by Gasteiger charge is 2.55. The standard InChI is InChI=1S/C12H15F3N2/c13-12(14,15)11(6-2-1-3-8-17-11)10-5-4-7-16-9-10/h4-5,7,9,17H,1-3,6,8H2. The van der Waals surface area contributed by atoms with E-state index in [1.807, 2.05) is 0 Å². The molecule has 1 fully saturated rings. The van der Waals surface area contributed by atoms with E-state index in [4.69, 9.17) is 0 Å². The molecule has 1 aromatic rings. The van der Waals surface area contributed by atoms with Crippen LogP contribution in [-0.2, 0) is 5.54 Å². The van der Waals surface area contributed by atoms with E-state index < -0.39 is 11.7 Å². The van der Waals surface area contributed by atoms with Gasteiger partial charge in [-0.05, 0) is 31.0 Å². The molecule has 1 saturated heterocycles. The van der Waals surface area contributed by atoms with E-state index in [-0.39, 0.29) is 12.0 Å². The summed E-state index contributed by atoms with van der Waals surface area (Å²) < 4.78 is 40.1. The zero-order chi connectivity index (χ0) is 12.4. The number of aromatic nitrogens is 1. The quantitative estimate of drug-likeness (QED) is 0.821. The zero-order valence-electron chi connectivity index (χ0n) is 9.43. The van der Waals surface area contributed by atoms with Gasteiger partial charge in [-0.1, -0.05) is 18.9 Å². The molecule has 1 atom stereocenters. The molecule has 2 rings (SSSR count). The molecule has 1 aliphatic rings. The second-order valence-electron chi connectivity index (χ2n) is 4.38. The highest BCUT2D eigenvalue weighted by molar-refractivity contribution is 5.23. The third-order valence-corrected chi connectivity index (χ3v) is 3.29. The molecular formula is C12H15F3N2. The maximum Gasteiger partial charge on any atom is 0.410 e. The number of pyridine rings is 1. The van der Waals surface area contributed by atoms with E-state index >= 15 is 0 Å². The van der Waals surface area contributed by atoms with E-state index in [1.165, 1.54) is 18.5 Å². The van der Waals surface area contributed by atoms with E-state index in [1.54, 1.807) is 6.07 Å². The lowest BCUT2D eigenvalue weighted by Crippen LogP contribution is -2.53. The minimum absolute atomic E-state index is 0.0855. The molecule has 1 aliphatic heterocycles. The van der Waals surface area contributed by atoms with Gasteiger partial charge in [0.15, 0.2) is 0 Å². The van der Waals surface area contributed by atoms with Crippen LogP contribution >= 0.6 is 0 Å². The first-order valence-electron chi connectivity index (χ1n) is 5.78. The smallest absolute Gasteiger partial charge is 0.300 e. The van der Waals surface area contributed by atoms with Gasteiger partial charge < -0.3 is 0 Å². The molecule has 5 heteroatoms. The van der Waals surface area contributed by atoms with Crippen molar-refractivity contribution in [2.45, 2.75) is 37.4 Å². The van der Waals surface area contributed by atoms with Crippen LogP contribution in [0.2, 0.25) is 0 Å². The van der Waals surface area contributed by atoms with Gasteiger partial charge in [-0.2, -0.15) is 13.2 Å². The third-order valence-electron chi connectivity index (χ3n) is 3.29. The summed E-state index contributed by atoms with van der Waals surface area (Å²) in [6.07, 6.45) is 0.809. The monoisotopic (exact) mass is 244 g/mol. The van der Waals surface area contributed by atoms with Gasteiger partial charge in [-0.25, -0.2) is 0 Å². The highest BCUT2D eigenvalue weighted by atomic mass is 19.4. The summed E-state index contributed by atoms with van der Waals surface area (Å²) in [6.45, 7) is 0.397. The number of hydrogen-bond acceptors (Lipinski definition) is 2. The molecule has 17 heavy (non-hydrogen) atoms. The van der Waals surface area contributed by atoms with Crippen LogP contribution in [0.4, 0.5) is 13.2 Å². The number of hydrogen-bond donors (Lipinski definition) is 1. The summed E-state index contributed by atoms with van der Waals surface area (Å²) in [5.41, 5.74) is -1.70. The van der Waals surface area contributed by atoms with Crippen molar-refractivity contribution in [1.82, 2.24) is 10.3 Å². The van der Waals surface area contributed by atoms with Gasteiger partial charge in [0.2, 0.25) is 0 Å². The summed E-state index contributed by atoms with van der Waals surface area (Å²) in [5.74, 6) is 0. The minimum Gasteiger partial charge on any atom is -0.300 e. The van der Waals surface area contributed by atoms with Crippen molar-refractivity contribution in [3.8, 4) is 0 Å². The number of nitrogens with zero attached hydrogens (tertiary/aromatic N) is 1. The summed E-state index contributed by atoms with van der Waals surface area (Å²) >= 11 is 0. The van der Waals surface area contributed by atoms with Crippen LogP contribution < -0.4 is 5.32 Å². The Morgan fingerprint density at radius 2 is 2.06 bits per heavy atom. The molecule has 0 amide bonds. The maximum atomic E-state index is 13.4. The zero-order valence-corrected chi connectivity index (χ0v) is 9.43. The van der Waals surface area contributed by atoms with Crippen LogP contribution in [0.5, 0.6) is 0 Å². The fourth-order valence-corrected chi connectivity index (χ4v) is 2.35. The molecule has 2 nitrogen and oxygen atoms in total. The molecular weight excluding hydrogens is 229 g/mol. The average Bonchev–Trinajstić information content (AvgIpc) is 2.55. The summed E-state index contributed by atoms with van der Waals surface area (Å²) in [6, 6.07) is 3.05. The lowest BCUT2D eigenvalue weighted by Gasteiger charge is -2.36. The van der Waals surface area contributed by atoms with Crippen molar-refractivity contribution >= 4 is 0 Å². The molecule has 0 spiro atoms. The van der Waals surface area contributed by atoms with Crippen molar-refractivity contribution in [2.75, 3.05) is 6.54 Å². The van der Waals surface area contributed by atoms with Crippen LogP contribution in [-0.4, -0.2) is 17.7 Å². The number of rotatable bonds is 1. The van der Waals surface area contributed by atoms with Crippen LogP contribution in [0.3, 0.4) is 0 Å². The van der Waals surface area contributed by atoms with Crippen molar-refractivity contribution < 1.29 is 13.2 Å². The average molecular weight is 244 g/mol. The molecule has 1 aromatic heterocycles. The highest BCUT2D eigenvalue weighted by Crippen LogP contribution is 2.43. The fourth-order valence-electron chi connectivity index (χ4n) is 2.35. The van der Waals surface area contributed by atoms with Gasteiger partial charge in [0.05, 0.1) is 0 Å². The lowest BCUT2D eigenvalue weighted by atomic mass is 9.86. The Labute approximate surface area is 98.2 Å². The van der Waals surface area contributed by atoms with Gasteiger partial charge >= 0.3 is 6.18 Å². The number of alkyl halides is 3. The molecule has 94 valence electrons. The van der Waals surface area contributed by atoms with E-state index in [0.717, 1.165) is 12.8 Å². The SMILES string of the molecule is FC(F)(F)C1(c2cccnc2)CCCCCN1. The topological polar surface area (TPSA) is 24.9 Å². The number of halogens is 3. The van der Waals surface area contributed by atoms with Gasteiger partial charge in [-0.15, -0.1) is 0 Å². The molecule has 0 aromatic carbocycles. The summed E-state index contributed by atoms with van der Waals surface area (Å²) in [4.78, 5) is 3.81. The molecule has 0 radical (unpaired) electrons. The summed E-state index contributed by atoms with van der Waals surface area (Å²) in [7, 11) is 0. The first-order valence-corrected chi connectivity index (χ1v) is 5.78. The summed E-state index contributed by atoms with van der Waals surface area (Å²) in [5, 5.41) is 2.69. The first-order chi connectivity index (χ1) is 8.06. The molecule has 0 saturated carbocycles. The predicted octanol–water partition coefficient (Wildman–Crippen LogP) is 3.00. The van der Waals surface area contributed by atoms with Crippen LogP contribution in [0, 0.1) is 0 Å². The Morgan fingerprint density at radius 1 is 1.24 bits per heavy atom. The Kier molecular flexibility index (Phi) is 3.38. The Balaban J connectivity index is 2.43. The Morgan fingerprint density at radius 3 is 2.71 bits per heavy atom. The van der Waals surface area contributed by atoms with Gasteiger partial charge in [-0.3, -0.25) is 10.3 Å². The van der Waals surface area contributed by atoms with E-state index in [9.17, 15) is 13.2 Å². The molecule has 2 heterocycles. The maximum absolute atomic E-state index is 13.4. The number of nitrogens with one attached hydrogen (secondary N) is 1. The van der Waals surface area contributed by atoms with Crippen molar-refractivity contribution in [2.24, 2.45) is 0 Å². The van der Waals surface area contributed by atoms with Crippen molar-refractivity contribution in [3.63, 3.8) is 0 Å².